The minimum absolute atomic E-state index is 0.300. The van der Waals surface area contributed by atoms with Gasteiger partial charge in [-0.1, -0.05) is 18.2 Å². The number of nitrogens with zero attached hydrogens (tertiary/aromatic N) is 3. The summed E-state index contributed by atoms with van der Waals surface area (Å²) in [4.78, 5) is 0. The van der Waals surface area contributed by atoms with E-state index in [4.69, 9.17) is 4.74 Å². The van der Waals surface area contributed by atoms with Crippen LogP contribution in [0.1, 0.15) is 24.6 Å². The summed E-state index contributed by atoms with van der Waals surface area (Å²) in [5.74, 6) is 0.208. The lowest BCUT2D eigenvalue weighted by atomic mass is 10.2. The summed E-state index contributed by atoms with van der Waals surface area (Å²) in [5.41, 5.74) is 1.41. The molecular formula is C14H19FN4O. The SMILES string of the molecule is CCCNCc1cn(Cc2ccc(OC)cc2F)nn1. The topological polar surface area (TPSA) is 52.0 Å². The van der Waals surface area contributed by atoms with Crippen LogP contribution >= 0.6 is 0 Å². The molecule has 0 aliphatic carbocycles. The highest BCUT2D eigenvalue weighted by atomic mass is 19.1. The lowest BCUT2D eigenvalue weighted by molar-refractivity contribution is 0.410. The van der Waals surface area contributed by atoms with Crippen molar-refractivity contribution in [3.8, 4) is 5.75 Å². The van der Waals surface area contributed by atoms with Gasteiger partial charge < -0.3 is 10.1 Å². The van der Waals surface area contributed by atoms with E-state index < -0.39 is 0 Å². The lowest BCUT2D eigenvalue weighted by Crippen LogP contribution is -2.13. The molecule has 6 heteroatoms. The maximum Gasteiger partial charge on any atom is 0.131 e. The smallest absolute Gasteiger partial charge is 0.131 e. The number of methoxy groups -OCH3 is 1. The van der Waals surface area contributed by atoms with Crippen molar-refractivity contribution in [3.05, 3.63) is 41.5 Å². The van der Waals surface area contributed by atoms with Gasteiger partial charge in [-0.3, -0.25) is 0 Å². The Morgan fingerprint density at radius 3 is 2.95 bits per heavy atom. The van der Waals surface area contributed by atoms with Crippen LogP contribution in [-0.2, 0) is 13.1 Å². The average molecular weight is 278 g/mol. The maximum atomic E-state index is 13.8. The van der Waals surface area contributed by atoms with Gasteiger partial charge >= 0.3 is 0 Å². The van der Waals surface area contributed by atoms with Crippen LogP contribution in [0.2, 0.25) is 0 Å². The zero-order valence-electron chi connectivity index (χ0n) is 11.8. The van der Waals surface area contributed by atoms with Crippen molar-refractivity contribution in [1.29, 1.82) is 0 Å². The van der Waals surface area contributed by atoms with Gasteiger partial charge in [-0.15, -0.1) is 5.10 Å². The van der Waals surface area contributed by atoms with Gasteiger partial charge in [0.15, 0.2) is 0 Å². The standard InChI is InChI=1S/C14H19FN4O/c1-3-6-16-8-12-10-19(18-17-12)9-11-4-5-13(20-2)7-14(11)15/h4-5,7,10,16H,3,6,8-9H2,1-2H3. The van der Waals surface area contributed by atoms with E-state index >= 15 is 0 Å². The van der Waals surface area contributed by atoms with E-state index in [1.165, 1.54) is 13.2 Å². The first-order valence-electron chi connectivity index (χ1n) is 6.65. The number of nitrogens with one attached hydrogen (secondary N) is 1. The van der Waals surface area contributed by atoms with Gasteiger partial charge in [-0.25, -0.2) is 9.07 Å². The minimum Gasteiger partial charge on any atom is -0.497 e. The van der Waals surface area contributed by atoms with Gasteiger partial charge in [0.05, 0.1) is 25.5 Å². The van der Waals surface area contributed by atoms with Crippen molar-refractivity contribution in [1.82, 2.24) is 20.3 Å². The van der Waals surface area contributed by atoms with Crippen molar-refractivity contribution in [2.45, 2.75) is 26.4 Å². The fourth-order valence-electron chi connectivity index (χ4n) is 1.85. The molecule has 0 aliphatic heterocycles. The molecule has 0 unspecified atom stereocenters. The van der Waals surface area contributed by atoms with Gasteiger partial charge in [0.25, 0.3) is 0 Å². The molecule has 2 rings (SSSR count). The largest absolute Gasteiger partial charge is 0.497 e. The number of halogens is 1. The third-order valence-corrected chi connectivity index (χ3v) is 2.91. The fourth-order valence-corrected chi connectivity index (χ4v) is 1.85. The second-order valence-corrected chi connectivity index (χ2v) is 4.54. The normalized spacial score (nSPS) is 10.8. The number of ether oxygens (including phenoxy) is 1. The van der Waals surface area contributed by atoms with Crippen LogP contribution in [0.25, 0.3) is 0 Å². The Labute approximate surface area is 117 Å². The molecule has 0 spiro atoms. The van der Waals surface area contributed by atoms with Crippen LogP contribution in [0.3, 0.4) is 0 Å². The lowest BCUT2D eigenvalue weighted by Gasteiger charge is -2.05. The average Bonchev–Trinajstić information content (AvgIpc) is 2.89. The van der Waals surface area contributed by atoms with E-state index in [2.05, 4.69) is 22.6 Å². The van der Waals surface area contributed by atoms with Gasteiger partial charge in [0, 0.05) is 18.2 Å². The third kappa shape index (κ3) is 3.77. The molecule has 0 atom stereocenters. The molecule has 1 aromatic heterocycles. The molecule has 0 bridgehead atoms. The second kappa shape index (κ2) is 7.00. The molecule has 108 valence electrons. The van der Waals surface area contributed by atoms with Crippen LogP contribution in [0, 0.1) is 5.82 Å². The Hall–Kier alpha value is -1.95. The first kappa shape index (κ1) is 14.5. The molecule has 0 fully saturated rings. The number of aromatic nitrogens is 3. The summed E-state index contributed by atoms with van der Waals surface area (Å²) < 4.78 is 20.4. The van der Waals surface area contributed by atoms with E-state index in [1.54, 1.807) is 16.8 Å². The fraction of sp³-hybridized carbons (Fsp3) is 0.429. The quantitative estimate of drug-likeness (QED) is 0.787. The van der Waals surface area contributed by atoms with Crippen LogP contribution in [0.5, 0.6) is 5.75 Å². The van der Waals surface area contributed by atoms with Crippen LogP contribution in [0.4, 0.5) is 4.39 Å². The summed E-state index contributed by atoms with van der Waals surface area (Å²) in [6.07, 6.45) is 2.90. The minimum atomic E-state index is -0.300. The third-order valence-electron chi connectivity index (χ3n) is 2.91. The molecule has 1 N–H and O–H groups in total. The van der Waals surface area contributed by atoms with Crippen LogP contribution < -0.4 is 10.1 Å². The van der Waals surface area contributed by atoms with E-state index in [0.717, 1.165) is 18.7 Å². The highest BCUT2D eigenvalue weighted by molar-refractivity contribution is 5.28. The van der Waals surface area contributed by atoms with Crippen molar-refractivity contribution in [3.63, 3.8) is 0 Å². The van der Waals surface area contributed by atoms with E-state index in [-0.39, 0.29) is 5.82 Å². The first-order chi connectivity index (χ1) is 9.72. The summed E-state index contributed by atoms with van der Waals surface area (Å²) >= 11 is 0. The molecule has 20 heavy (non-hydrogen) atoms. The molecule has 0 aliphatic rings. The molecule has 0 saturated carbocycles. The Balaban J connectivity index is 1.99. The van der Waals surface area contributed by atoms with E-state index in [9.17, 15) is 4.39 Å². The van der Waals surface area contributed by atoms with Crippen molar-refractivity contribution >= 4 is 0 Å². The molecule has 0 radical (unpaired) electrons. The first-order valence-corrected chi connectivity index (χ1v) is 6.65. The molecule has 0 amide bonds. The number of rotatable bonds is 7. The van der Waals surface area contributed by atoms with Crippen molar-refractivity contribution in [2.75, 3.05) is 13.7 Å². The zero-order valence-corrected chi connectivity index (χ0v) is 11.8. The molecular weight excluding hydrogens is 259 g/mol. The highest BCUT2D eigenvalue weighted by Gasteiger charge is 2.07. The maximum absolute atomic E-state index is 13.8. The summed E-state index contributed by atoms with van der Waals surface area (Å²) in [6, 6.07) is 4.81. The number of hydrogen-bond donors (Lipinski definition) is 1. The van der Waals surface area contributed by atoms with Gasteiger partial charge in [0.2, 0.25) is 0 Å². The van der Waals surface area contributed by atoms with Gasteiger partial charge in [-0.05, 0) is 19.0 Å². The number of hydrogen-bond acceptors (Lipinski definition) is 4. The predicted molar refractivity (Wildman–Crippen MR) is 74.1 cm³/mol. The van der Waals surface area contributed by atoms with Crippen molar-refractivity contribution in [2.24, 2.45) is 0 Å². The predicted octanol–water partition coefficient (Wildman–Crippen LogP) is 1.97. The summed E-state index contributed by atoms with van der Waals surface area (Å²) in [7, 11) is 1.52. The summed E-state index contributed by atoms with van der Waals surface area (Å²) in [6.45, 7) is 4.09. The molecule has 1 heterocycles. The Bertz CT molecular complexity index is 556. The molecule has 2 aromatic rings. The Kier molecular flexibility index (Phi) is 5.06. The van der Waals surface area contributed by atoms with Gasteiger partial charge in [-0.2, -0.15) is 0 Å². The van der Waals surface area contributed by atoms with Crippen molar-refractivity contribution < 1.29 is 9.13 Å². The molecule has 0 saturated heterocycles. The van der Waals surface area contributed by atoms with E-state index in [1.807, 2.05) is 6.20 Å². The van der Waals surface area contributed by atoms with Crippen LogP contribution in [0.15, 0.2) is 24.4 Å². The van der Waals surface area contributed by atoms with Crippen LogP contribution in [-0.4, -0.2) is 28.6 Å². The highest BCUT2D eigenvalue weighted by Crippen LogP contribution is 2.16. The molecule has 1 aromatic carbocycles. The Morgan fingerprint density at radius 2 is 2.25 bits per heavy atom. The second-order valence-electron chi connectivity index (χ2n) is 4.54. The number of benzene rings is 1. The van der Waals surface area contributed by atoms with E-state index in [0.29, 0.717) is 24.4 Å². The Morgan fingerprint density at radius 1 is 1.40 bits per heavy atom. The zero-order chi connectivity index (χ0) is 14.4. The monoisotopic (exact) mass is 278 g/mol. The molecule has 5 nitrogen and oxygen atoms in total. The summed E-state index contributed by atoms with van der Waals surface area (Å²) in [5, 5.41) is 11.3. The van der Waals surface area contributed by atoms with Gasteiger partial charge in [0.1, 0.15) is 11.6 Å².